The fourth-order valence-corrected chi connectivity index (χ4v) is 2.45. The van der Waals surface area contributed by atoms with Crippen LogP contribution in [0.4, 0.5) is 0 Å². The number of nitrogens with zero attached hydrogens (tertiary/aromatic N) is 1. The van der Waals surface area contributed by atoms with Crippen LogP contribution in [0.1, 0.15) is 30.9 Å². The topological polar surface area (TPSA) is 24.9 Å². The normalized spacial score (nSPS) is 14.0. The fraction of sp³-hybridized carbons (Fsp3) is 0.353. The molecule has 2 nitrogen and oxygen atoms in total. The Morgan fingerprint density at radius 2 is 1.74 bits per heavy atom. The highest BCUT2D eigenvalue weighted by Gasteiger charge is 2.18. The van der Waals surface area contributed by atoms with Gasteiger partial charge in [-0.3, -0.25) is 4.98 Å². The van der Waals surface area contributed by atoms with Crippen molar-refractivity contribution >= 4 is 0 Å². The molecule has 0 bridgehead atoms. The van der Waals surface area contributed by atoms with Gasteiger partial charge in [0.2, 0.25) is 0 Å². The first-order chi connectivity index (χ1) is 9.31. The second-order valence-corrected chi connectivity index (χ2v) is 4.92. The van der Waals surface area contributed by atoms with Crippen LogP contribution >= 0.6 is 0 Å². The van der Waals surface area contributed by atoms with E-state index in [4.69, 9.17) is 0 Å². The lowest BCUT2D eigenvalue weighted by atomic mass is 9.89. The SMILES string of the molecule is CCNC(Cc1ccncc1)C(C)c1ccccc1. The van der Waals surface area contributed by atoms with Crippen molar-refractivity contribution in [3.05, 3.63) is 66.0 Å². The summed E-state index contributed by atoms with van der Waals surface area (Å²) in [5, 5.41) is 3.61. The molecule has 0 saturated carbocycles. The molecule has 0 fully saturated rings. The summed E-state index contributed by atoms with van der Waals surface area (Å²) in [6.07, 6.45) is 4.77. The van der Waals surface area contributed by atoms with Crippen molar-refractivity contribution in [2.75, 3.05) is 6.54 Å². The van der Waals surface area contributed by atoms with E-state index in [0.29, 0.717) is 12.0 Å². The first-order valence-corrected chi connectivity index (χ1v) is 6.98. The van der Waals surface area contributed by atoms with Gasteiger partial charge in [0.1, 0.15) is 0 Å². The average molecular weight is 254 g/mol. The Kier molecular flexibility index (Phi) is 5.10. The minimum absolute atomic E-state index is 0.454. The van der Waals surface area contributed by atoms with E-state index >= 15 is 0 Å². The molecule has 0 aliphatic carbocycles. The Hall–Kier alpha value is -1.67. The molecule has 0 radical (unpaired) electrons. The first kappa shape index (κ1) is 13.8. The van der Waals surface area contributed by atoms with E-state index in [1.807, 2.05) is 12.4 Å². The lowest BCUT2D eigenvalue weighted by molar-refractivity contribution is 0.458. The average Bonchev–Trinajstić information content (AvgIpc) is 2.48. The number of pyridine rings is 1. The summed E-state index contributed by atoms with van der Waals surface area (Å²) in [4.78, 5) is 4.08. The zero-order valence-electron chi connectivity index (χ0n) is 11.7. The molecule has 2 aromatic rings. The van der Waals surface area contributed by atoms with Crippen LogP contribution in [-0.4, -0.2) is 17.6 Å². The Morgan fingerprint density at radius 1 is 1.05 bits per heavy atom. The van der Waals surface area contributed by atoms with E-state index in [1.165, 1.54) is 11.1 Å². The van der Waals surface area contributed by atoms with Crippen LogP contribution in [0.25, 0.3) is 0 Å². The number of hydrogen-bond donors (Lipinski definition) is 1. The summed E-state index contributed by atoms with van der Waals surface area (Å²) >= 11 is 0. The van der Waals surface area contributed by atoms with Crippen LogP contribution < -0.4 is 5.32 Å². The summed E-state index contributed by atoms with van der Waals surface area (Å²) < 4.78 is 0. The number of benzene rings is 1. The highest BCUT2D eigenvalue weighted by atomic mass is 14.9. The molecule has 1 aromatic heterocycles. The molecular weight excluding hydrogens is 232 g/mol. The molecule has 0 saturated heterocycles. The predicted octanol–water partition coefficient (Wildman–Crippen LogP) is 3.41. The number of rotatable bonds is 6. The van der Waals surface area contributed by atoms with E-state index in [-0.39, 0.29) is 0 Å². The number of likely N-dealkylation sites (N-methyl/N-ethyl adjacent to an activating group) is 1. The Morgan fingerprint density at radius 3 is 2.37 bits per heavy atom. The zero-order valence-corrected chi connectivity index (χ0v) is 11.7. The van der Waals surface area contributed by atoms with E-state index in [1.54, 1.807) is 0 Å². The van der Waals surface area contributed by atoms with Crippen molar-refractivity contribution in [2.24, 2.45) is 0 Å². The molecule has 0 amide bonds. The third-order valence-corrected chi connectivity index (χ3v) is 3.60. The molecule has 2 heteroatoms. The van der Waals surface area contributed by atoms with Crippen molar-refractivity contribution in [3.8, 4) is 0 Å². The maximum Gasteiger partial charge on any atom is 0.0270 e. The van der Waals surface area contributed by atoms with Crippen LogP contribution in [0.2, 0.25) is 0 Å². The van der Waals surface area contributed by atoms with Gasteiger partial charge in [-0.15, -0.1) is 0 Å². The standard InChI is InChI=1S/C17H22N2/c1-3-19-17(13-15-9-11-18-12-10-15)14(2)16-7-5-4-6-8-16/h4-12,14,17,19H,3,13H2,1-2H3. The number of aromatic nitrogens is 1. The largest absolute Gasteiger partial charge is 0.313 e. The minimum atomic E-state index is 0.454. The van der Waals surface area contributed by atoms with Crippen LogP contribution in [0, 0.1) is 0 Å². The van der Waals surface area contributed by atoms with Gasteiger partial charge >= 0.3 is 0 Å². The van der Waals surface area contributed by atoms with Gasteiger partial charge in [-0.05, 0) is 42.1 Å². The molecule has 0 aliphatic rings. The summed E-state index contributed by atoms with van der Waals surface area (Å²) in [7, 11) is 0. The van der Waals surface area contributed by atoms with Gasteiger partial charge in [0.05, 0.1) is 0 Å². The predicted molar refractivity (Wildman–Crippen MR) is 80.3 cm³/mol. The van der Waals surface area contributed by atoms with Crippen molar-refractivity contribution < 1.29 is 0 Å². The van der Waals surface area contributed by atoms with E-state index < -0.39 is 0 Å². The molecule has 2 atom stereocenters. The Balaban J connectivity index is 2.11. The van der Waals surface area contributed by atoms with Gasteiger partial charge in [0.25, 0.3) is 0 Å². The third-order valence-electron chi connectivity index (χ3n) is 3.60. The number of nitrogens with one attached hydrogen (secondary N) is 1. The van der Waals surface area contributed by atoms with Crippen molar-refractivity contribution in [1.29, 1.82) is 0 Å². The molecule has 1 aromatic carbocycles. The summed E-state index contributed by atoms with van der Waals surface area (Å²) in [5.41, 5.74) is 2.73. The second kappa shape index (κ2) is 7.05. The van der Waals surface area contributed by atoms with E-state index in [9.17, 15) is 0 Å². The monoisotopic (exact) mass is 254 g/mol. The van der Waals surface area contributed by atoms with Crippen molar-refractivity contribution in [2.45, 2.75) is 32.2 Å². The molecule has 2 rings (SSSR count). The maximum atomic E-state index is 4.08. The Bertz CT molecular complexity index is 467. The molecule has 0 aliphatic heterocycles. The van der Waals surface area contributed by atoms with Crippen molar-refractivity contribution in [1.82, 2.24) is 10.3 Å². The quantitative estimate of drug-likeness (QED) is 0.854. The lowest BCUT2D eigenvalue weighted by Crippen LogP contribution is -2.35. The Labute approximate surface area is 115 Å². The summed E-state index contributed by atoms with van der Waals surface area (Å²) in [6, 6.07) is 15.4. The van der Waals surface area contributed by atoms with E-state index in [0.717, 1.165) is 13.0 Å². The van der Waals surface area contributed by atoms with Crippen LogP contribution in [0.3, 0.4) is 0 Å². The van der Waals surface area contributed by atoms with Gasteiger partial charge in [-0.1, -0.05) is 44.2 Å². The molecule has 19 heavy (non-hydrogen) atoms. The van der Waals surface area contributed by atoms with Gasteiger partial charge < -0.3 is 5.32 Å². The van der Waals surface area contributed by atoms with Gasteiger partial charge in [0, 0.05) is 18.4 Å². The smallest absolute Gasteiger partial charge is 0.0270 e. The third kappa shape index (κ3) is 3.90. The lowest BCUT2D eigenvalue weighted by Gasteiger charge is -2.25. The molecule has 100 valence electrons. The van der Waals surface area contributed by atoms with Crippen LogP contribution in [-0.2, 0) is 6.42 Å². The highest BCUT2D eigenvalue weighted by molar-refractivity contribution is 5.22. The van der Waals surface area contributed by atoms with Crippen molar-refractivity contribution in [3.63, 3.8) is 0 Å². The second-order valence-electron chi connectivity index (χ2n) is 4.92. The molecule has 1 N–H and O–H groups in total. The minimum Gasteiger partial charge on any atom is -0.313 e. The molecular formula is C17H22N2. The summed E-state index contributed by atoms with van der Waals surface area (Å²) in [6.45, 7) is 5.45. The van der Waals surface area contributed by atoms with Crippen LogP contribution in [0.5, 0.6) is 0 Å². The maximum absolute atomic E-state index is 4.08. The van der Waals surface area contributed by atoms with Gasteiger partial charge in [-0.2, -0.15) is 0 Å². The highest BCUT2D eigenvalue weighted by Crippen LogP contribution is 2.21. The first-order valence-electron chi connectivity index (χ1n) is 6.98. The summed E-state index contributed by atoms with van der Waals surface area (Å²) in [5.74, 6) is 0.495. The number of hydrogen-bond acceptors (Lipinski definition) is 2. The van der Waals surface area contributed by atoms with E-state index in [2.05, 4.69) is 66.6 Å². The van der Waals surface area contributed by atoms with Gasteiger partial charge in [-0.25, -0.2) is 0 Å². The molecule has 0 spiro atoms. The molecule has 2 unspecified atom stereocenters. The van der Waals surface area contributed by atoms with Crippen LogP contribution in [0.15, 0.2) is 54.9 Å². The van der Waals surface area contributed by atoms with Gasteiger partial charge in [0.15, 0.2) is 0 Å². The zero-order chi connectivity index (χ0) is 13.5. The molecule has 1 heterocycles. The fourth-order valence-electron chi connectivity index (χ4n) is 2.45.